The standard InChI is InChI=1S/C19H40O8Si/c1-5-25-28(26-13-10-22-3,27-14-11-23-4)15-8-17-6-7-18(20)19(16-17)24-12-9-21-2/h17-20H,5-16H2,1-4H3. The first kappa shape index (κ1) is 25.9. The molecule has 0 heterocycles. The fourth-order valence-corrected chi connectivity index (χ4v) is 6.10. The molecule has 0 aliphatic heterocycles. The van der Waals surface area contributed by atoms with E-state index in [1.54, 1.807) is 21.3 Å². The molecule has 0 aromatic carbocycles. The average Bonchev–Trinajstić information content (AvgIpc) is 2.69. The van der Waals surface area contributed by atoms with Crippen LogP contribution in [-0.4, -0.2) is 93.7 Å². The quantitative estimate of drug-likeness (QED) is 0.280. The monoisotopic (exact) mass is 424 g/mol. The molecule has 0 amide bonds. The van der Waals surface area contributed by atoms with Gasteiger partial charge >= 0.3 is 8.80 Å². The summed E-state index contributed by atoms with van der Waals surface area (Å²) in [6.07, 6.45) is 2.93. The van der Waals surface area contributed by atoms with E-state index in [-0.39, 0.29) is 6.10 Å². The fraction of sp³-hybridized carbons (Fsp3) is 1.00. The summed E-state index contributed by atoms with van der Waals surface area (Å²) < 4.78 is 39.3. The highest BCUT2D eigenvalue weighted by molar-refractivity contribution is 6.60. The maximum atomic E-state index is 10.2. The van der Waals surface area contributed by atoms with Gasteiger partial charge in [0.2, 0.25) is 0 Å². The molecular weight excluding hydrogens is 384 g/mol. The van der Waals surface area contributed by atoms with Gasteiger partial charge in [0.25, 0.3) is 0 Å². The minimum atomic E-state index is -2.81. The highest BCUT2D eigenvalue weighted by Crippen LogP contribution is 2.32. The zero-order valence-electron chi connectivity index (χ0n) is 18.0. The van der Waals surface area contributed by atoms with Crippen LogP contribution in [0.3, 0.4) is 0 Å². The van der Waals surface area contributed by atoms with Gasteiger partial charge in [0.05, 0.1) is 51.8 Å². The molecule has 1 aliphatic rings. The van der Waals surface area contributed by atoms with Crippen molar-refractivity contribution in [2.75, 3.05) is 67.6 Å². The zero-order valence-corrected chi connectivity index (χ0v) is 19.0. The molecule has 0 saturated heterocycles. The number of hydrogen-bond donors (Lipinski definition) is 1. The van der Waals surface area contributed by atoms with E-state index in [9.17, 15) is 5.11 Å². The summed E-state index contributed by atoms with van der Waals surface area (Å²) in [6.45, 7) is 5.43. The predicted octanol–water partition coefficient (Wildman–Crippen LogP) is 1.87. The molecule has 28 heavy (non-hydrogen) atoms. The maximum absolute atomic E-state index is 10.2. The summed E-state index contributed by atoms with van der Waals surface area (Å²) in [4.78, 5) is 0. The second kappa shape index (κ2) is 15.7. The molecule has 1 fully saturated rings. The minimum absolute atomic E-state index is 0.138. The Morgan fingerprint density at radius 3 is 2.00 bits per heavy atom. The average molecular weight is 425 g/mol. The molecule has 1 N–H and O–H groups in total. The van der Waals surface area contributed by atoms with Crippen molar-refractivity contribution in [3.05, 3.63) is 0 Å². The third-order valence-corrected chi connectivity index (χ3v) is 7.84. The van der Waals surface area contributed by atoms with Crippen molar-refractivity contribution in [1.82, 2.24) is 0 Å². The highest BCUT2D eigenvalue weighted by Gasteiger charge is 2.42. The molecule has 1 aliphatic carbocycles. The number of ether oxygens (including phenoxy) is 4. The Bertz CT molecular complexity index is 364. The first-order valence-electron chi connectivity index (χ1n) is 10.3. The highest BCUT2D eigenvalue weighted by atomic mass is 28.4. The van der Waals surface area contributed by atoms with Crippen LogP contribution in [-0.2, 0) is 32.2 Å². The van der Waals surface area contributed by atoms with E-state index >= 15 is 0 Å². The fourth-order valence-electron chi connectivity index (χ4n) is 3.42. The van der Waals surface area contributed by atoms with Crippen LogP contribution in [0.25, 0.3) is 0 Å². The van der Waals surface area contributed by atoms with Gasteiger partial charge in [-0.2, -0.15) is 0 Å². The molecule has 3 unspecified atom stereocenters. The Hall–Kier alpha value is -0.103. The van der Waals surface area contributed by atoms with E-state index in [4.69, 9.17) is 32.2 Å². The summed E-state index contributed by atoms with van der Waals surface area (Å²) in [7, 11) is 2.14. The summed E-state index contributed by atoms with van der Waals surface area (Å²) >= 11 is 0. The van der Waals surface area contributed by atoms with Crippen LogP contribution in [0.5, 0.6) is 0 Å². The first-order valence-corrected chi connectivity index (χ1v) is 12.2. The van der Waals surface area contributed by atoms with E-state index < -0.39 is 14.9 Å². The third-order valence-electron chi connectivity index (χ3n) is 4.93. The predicted molar refractivity (Wildman–Crippen MR) is 107 cm³/mol. The van der Waals surface area contributed by atoms with Gasteiger partial charge in [-0.15, -0.1) is 0 Å². The molecule has 168 valence electrons. The van der Waals surface area contributed by atoms with Crippen molar-refractivity contribution in [3.8, 4) is 0 Å². The van der Waals surface area contributed by atoms with E-state index in [0.29, 0.717) is 52.2 Å². The lowest BCUT2D eigenvalue weighted by Crippen LogP contribution is -2.48. The van der Waals surface area contributed by atoms with Crippen LogP contribution >= 0.6 is 0 Å². The van der Waals surface area contributed by atoms with Gasteiger partial charge in [-0.1, -0.05) is 0 Å². The lowest BCUT2D eigenvalue weighted by molar-refractivity contribution is -0.0819. The summed E-state index contributed by atoms with van der Waals surface area (Å²) in [5.74, 6) is 0.445. The Morgan fingerprint density at radius 1 is 0.821 bits per heavy atom. The minimum Gasteiger partial charge on any atom is -0.390 e. The van der Waals surface area contributed by atoms with Crippen molar-refractivity contribution >= 4 is 8.80 Å². The molecule has 0 radical (unpaired) electrons. The van der Waals surface area contributed by atoms with Gasteiger partial charge in [-0.05, 0) is 38.5 Å². The molecule has 0 aromatic heterocycles. The van der Waals surface area contributed by atoms with Gasteiger partial charge in [-0.25, -0.2) is 0 Å². The van der Waals surface area contributed by atoms with Gasteiger partial charge in [0, 0.05) is 34.0 Å². The Labute approximate surface area is 171 Å². The Morgan fingerprint density at radius 2 is 1.43 bits per heavy atom. The van der Waals surface area contributed by atoms with Gasteiger partial charge in [0.15, 0.2) is 0 Å². The SMILES string of the molecule is CCO[Si](CCC1CCC(O)C(OCCOC)C1)(OCCOC)OCCOC. The molecular formula is C19H40O8Si. The van der Waals surface area contributed by atoms with Gasteiger partial charge in [-0.3, -0.25) is 0 Å². The number of aliphatic hydroxyl groups excluding tert-OH is 1. The first-order chi connectivity index (χ1) is 13.6. The van der Waals surface area contributed by atoms with Crippen LogP contribution in [0, 0.1) is 5.92 Å². The van der Waals surface area contributed by atoms with E-state index in [2.05, 4.69) is 0 Å². The number of aliphatic hydroxyl groups is 1. The van der Waals surface area contributed by atoms with E-state index in [0.717, 1.165) is 31.7 Å². The summed E-state index contributed by atoms with van der Waals surface area (Å²) in [6, 6.07) is 0.736. The van der Waals surface area contributed by atoms with Crippen LogP contribution in [0.15, 0.2) is 0 Å². The number of rotatable bonds is 17. The Kier molecular flexibility index (Phi) is 14.5. The number of methoxy groups -OCH3 is 3. The molecule has 8 nitrogen and oxygen atoms in total. The summed E-state index contributed by atoms with van der Waals surface area (Å²) in [5, 5.41) is 10.2. The molecule has 0 bridgehead atoms. The van der Waals surface area contributed by atoms with Crippen molar-refractivity contribution < 1.29 is 37.3 Å². The van der Waals surface area contributed by atoms with Crippen LogP contribution in [0.2, 0.25) is 6.04 Å². The van der Waals surface area contributed by atoms with Crippen LogP contribution in [0.4, 0.5) is 0 Å². The molecule has 0 aromatic rings. The second-order valence-corrected chi connectivity index (χ2v) is 9.72. The normalized spacial score (nSPS) is 23.2. The summed E-state index contributed by atoms with van der Waals surface area (Å²) in [5.41, 5.74) is 0. The van der Waals surface area contributed by atoms with E-state index in [1.165, 1.54) is 0 Å². The van der Waals surface area contributed by atoms with Gasteiger partial charge in [0.1, 0.15) is 0 Å². The largest absolute Gasteiger partial charge is 0.501 e. The molecule has 1 saturated carbocycles. The Balaban J connectivity index is 2.61. The topological polar surface area (TPSA) is 84.8 Å². The van der Waals surface area contributed by atoms with Gasteiger partial charge < -0.3 is 37.3 Å². The van der Waals surface area contributed by atoms with Crippen molar-refractivity contribution in [3.63, 3.8) is 0 Å². The van der Waals surface area contributed by atoms with E-state index in [1.807, 2.05) is 6.92 Å². The third kappa shape index (κ3) is 10.1. The second-order valence-electron chi connectivity index (χ2n) is 6.99. The molecule has 1 rings (SSSR count). The molecule has 9 heteroatoms. The lowest BCUT2D eigenvalue weighted by Gasteiger charge is -2.35. The lowest BCUT2D eigenvalue weighted by atomic mass is 9.84. The smallest absolute Gasteiger partial charge is 0.390 e. The van der Waals surface area contributed by atoms with Crippen molar-refractivity contribution in [2.24, 2.45) is 5.92 Å². The molecule has 0 spiro atoms. The molecule has 3 atom stereocenters. The zero-order chi connectivity index (χ0) is 20.7. The van der Waals surface area contributed by atoms with Crippen molar-refractivity contribution in [2.45, 2.75) is 50.9 Å². The maximum Gasteiger partial charge on any atom is 0.501 e. The number of hydrogen-bond acceptors (Lipinski definition) is 8. The van der Waals surface area contributed by atoms with Crippen LogP contribution < -0.4 is 0 Å². The van der Waals surface area contributed by atoms with Crippen LogP contribution in [0.1, 0.15) is 32.6 Å². The van der Waals surface area contributed by atoms with Crippen molar-refractivity contribution in [1.29, 1.82) is 0 Å².